The first-order chi connectivity index (χ1) is 9.67. The van der Waals surface area contributed by atoms with Gasteiger partial charge in [0.1, 0.15) is 0 Å². The summed E-state index contributed by atoms with van der Waals surface area (Å²) in [6.07, 6.45) is 0. The number of guanidine groups is 1. The van der Waals surface area contributed by atoms with Gasteiger partial charge in [-0.15, -0.1) is 0 Å². The zero-order valence-electron chi connectivity index (χ0n) is 13.1. The summed E-state index contributed by atoms with van der Waals surface area (Å²) in [5.41, 5.74) is 2.62. The maximum absolute atomic E-state index is 5.03. The summed E-state index contributed by atoms with van der Waals surface area (Å²) < 4.78 is 5.03. The Hall–Kier alpha value is -1.55. The molecule has 0 aromatic heterocycles. The van der Waals surface area contributed by atoms with Crippen LogP contribution in [0.3, 0.4) is 0 Å². The molecule has 0 saturated carbocycles. The van der Waals surface area contributed by atoms with E-state index >= 15 is 0 Å². The van der Waals surface area contributed by atoms with E-state index in [2.05, 4.69) is 60.7 Å². The molecular weight excluding hydrogens is 250 g/mol. The van der Waals surface area contributed by atoms with Crippen LogP contribution in [0.5, 0.6) is 0 Å². The van der Waals surface area contributed by atoms with Gasteiger partial charge in [-0.3, -0.25) is 4.99 Å². The van der Waals surface area contributed by atoms with E-state index in [-0.39, 0.29) is 0 Å². The second kappa shape index (κ2) is 9.37. The minimum Gasteiger partial charge on any atom is -0.383 e. The van der Waals surface area contributed by atoms with E-state index in [0.717, 1.165) is 25.6 Å². The summed E-state index contributed by atoms with van der Waals surface area (Å²) in [5, 5.41) is 6.49. The number of aryl methyl sites for hydroxylation is 1. The van der Waals surface area contributed by atoms with Gasteiger partial charge in [-0.05, 0) is 19.4 Å². The number of hydrogen-bond donors (Lipinski definition) is 2. The molecule has 1 rings (SSSR count). The molecule has 2 N–H and O–H groups in total. The summed E-state index contributed by atoms with van der Waals surface area (Å²) in [7, 11) is 1.70. The number of hydrogen-bond acceptors (Lipinski definition) is 2. The van der Waals surface area contributed by atoms with Crippen LogP contribution in [0.4, 0.5) is 0 Å². The number of rotatable bonds is 7. The minimum absolute atomic E-state index is 0.411. The second-order valence-electron chi connectivity index (χ2n) is 4.95. The van der Waals surface area contributed by atoms with E-state index in [0.29, 0.717) is 12.5 Å². The molecule has 0 fully saturated rings. The van der Waals surface area contributed by atoms with Crippen LogP contribution >= 0.6 is 0 Å². The van der Waals surface area contributed by atoms with Crippen LogP contribution in [0.2, 0.25) is 0 Å². The van der Waals surface area contributed by atoms with Gasteiger partial charge in [0.25, 0.3) is 0 Å². The molecule has 0 aliphatic heterocycles. The van der Waals surface area contributed by atoms with E-state index in [1.165, 1.54) is 11.1 Å². The van der Waals surface area contributed by atoms with Crippen molar-refractivity contribution in [1.82, 2.24) is 10.6 Å². The Morgan fingerprint density at radius 2 is 1.95 bits per heavy atom. The SMILES string of the molecule is CCNC(=NCC(C)c1ccc(C)cc1)NCCOC. The Morgan fingerprint density at radius 3 is 2.55 bits per heavy atom. The van der Waals surface area contributed by atoms with E-state index < -0.39 is 0 Å². The smallest absolute Gasteiger partial charge is 0.191 e. The summed E-state index contributed by atoms with van der Waals surface area (Å²) in [4.78, 5) is 4.62. The van der Waals surface area contributed by atoms with Gasteiger partial charge in [0.15, 0.2) is 5.96 Å². The Kier molecular flexibility index (Phi) is 7.73. The number of aliphatic imine (C=N–C) groups is 1. The Morgan fingerprint density at radius 1 is 1.25 bits per heavy atom. The van der Waals surface area contributed by atoms with E-state index in [9.17, 15) is 0 Å². The molecule has 4 heteroatoms. The van der Waals surface area contributed by atoms with Gasteiger partial charge in [-0.2, -0.15) is 0 Å². The van der Waals surface area contributed by atoms with Crippen molar-refractivity contribution in [2.75, 3.05) is 33.4 Å². The summed E-state index contributed by atoms with van der Waals surface area (Å²) in [6.45, 7) is 9.45. The van der Waals surface area contributed by atoms with Gasteiger partial charge in [-0.1, -0.05) is 36.8 Å². The maximum Gasteiger partial charge on any atom is 0.191 e. The fourth-order valence-corrected chi connectivity index (χ4v) is 1.84. The topological polar surface area (TPSA) is 45.7 Å². The molecule has 1 unspecified atom stereocenters. The molecule has 1 aromatic carbocycles. The average Bonchev–Trinajstić information content (AvgIpc) is 2.45. The fourth-order valence-electron chi connectivity index (χ4n) is 1.84. The molecule has 1 aromatic rings. The van der Waals surface area contributed by atoms with Crippen LogP contribution in [0.1, 0.15) is 30.9 Å². The zero-order chi connectivity index (χ0) is 14.8. The molecule has 0 radical (unpaired) electrons. The number of methoxy groups -OCH3 is 1. The molecule has 0 heterocycles. The van der Waals surface area contributed by atoms with Crippen molar-refractivity contribution >= 4 is 5.96 Å². The highest BCUT2D eigenvalue weighted by molar-refractivity contribution is 5.79. The lowest BCUT2D eigenvalue weighted by molar-refractivity contribution is 0.203. The van der Waals surface area contributed by atoms with Crippen LogP contribution in [0.25, 0.3) is 0 Å². The third-order valence-corrected chi connectivity index (χ3v) is 3.11. The monoisotopic (exact) mass is 277 g/mol. The number of ether oxygens (including phenoxy) is 1. The molecule has 4 nitrogen and oxygen atoms in total. The van der Waals surface area contributed by atoms with Gasteiger partial charge < -0.3 is 15.4 Å². The van der Waals surface area contributed by atoms with E-state index in [4.69, 9.17) is 4.74 Å². The highest BCUT2D eigenvalue weighted by atomic mass is 16.5. The Labute approximate surface area is 122 Å². The fraction of sp³-hybridized carbons (Fsp3) is 0.562. The average molecular weight is 277 g/mol. The molecule has 1 atom stereocenters. The van der Waals surface area contributed by atoms with Crippen molar-refractivity contribution < 1.29 is 4.74 Å². The van der Waals surface area contributed by atoms with Crippen molar-refractivity contribution in [2.24, 2.45) is 4.99 Å². The number of nitrogens with one attached hydrogen (secondary N) is 2. The molecule has 0 spiro atoms. The predicted molar refractivity (Wildman–Crippen MR) is 85.5 cm³/mol. The van der Waals surface area contributed by atoms with Crippen molar-refractivity contribution in [1.29, 1.82) is 0 Å². The van der Waals surface area contributed by atoms with Crippen LogP contribution in [0, 0.1) is 6.92 Å². The third-order valence-electron chi connectivity index (χ3n) is 3.11. The largest absolute Gasteiger partial charge is 0.383 e. The zero-order valence-corrected chi connectivity index (χ0v) is 13.1. The van der Waals surface area contributed by atoms with E-state index in [1.807, 2.05) is 0 Å². The van der Waals surface area contributed by atoms with Gasteiger partial charge in [0.2, 0.25) is 0 Å². The van der Waals surface area contributed by atoms with Crippen molar-refractivity contribution in [3.05, 3.63) is 35.4 Å². The van der Waals surface area contributed by atoms with Crippen LogP contribution in [-0.2, 0) is 4.74 Å². The van der Waals surface area contributed by atoms with Gasteiger partial charge in [0, 0.05) is 32.7 Å². The minimum atomic E-state index is 0.411. The molecule has 0 aliphatic carbocycles. The highest BCUT2D eigenvalue weighted by Crippen LogP contribution is 2.15. The lowest BCUT2D eigenvalue weighted by Gasteiger charge is -2.13. The lowest BCUT2D eigenvalue weighted by Crippen LogP contribution is -2.39. The van der Waals surface area contributed by atoms with Gasteiger partial charge >= 0.3 is 0 Å². The first-order valence-corrected chi connectivity index (χ1v) is 7.25. The number of benzene rings is 1. The van der Waals surface area contributed by atoms with E-state index in [1.54, 1.807) is 7.11 Å². The molecule has 0 bridgehead atoms. The Bertz CT molecular complexity index is 401. The molecule has 0 aliphatic rings. The van der Waals surface area contributed by atoms with Crippen molar-refractivity contribution in [3.63, 3.8) is 0 Å². The molecule has 112 valence electrons. The molecular formula is C16H27N3O. The summed E-state index contributed by atoms with van der Waals surface area (Å²) in [5.74, 6) is 1.26. The quantitative estimate of drug-likeness (QED) is 0.457. The summed E-state index contributed by atoms with van der Waals surface area (Å²) >= 11 is 0. The van der Waals surface area contributed by atoms with Gasteiger partial charge in [0.05, 0.1) is 6.61 Å². The van der Waals surface area contributed by atoms with Gasteiger partial charge in [-0.25, -0.2) is 0 Å². The van der Waals surface area contributed by atoms with Crippen LogP contribution < -0.4 is 10.6 Å². The predicted octanol–water partition coefficient (Wildman–Crippen LogP) is 2.30. The first-order valence-electron chi connectivity index (χ1n) is 7.25. The van der Waals surface area contributed by atoms with Crippen LogP contribution in [0.15, 0.2) is 29.3 Å². The van der Waals surface area contributed by atoms with Crippen molar-refractivity contribution in [3.8, 4) is 0 Å². The van der Waals surface area contributed by atoms with Crippen molar-refractivity contribution in [2.45, 2.75) is 26.7 Å². The normalized spacial score (nSPS) is 13.1. The number of nitrogens with zero attached hydrogens (tertiary/aromatic N) is 1. The Balaban J connectivity index is 2.54. The van der Waals surface area contributed by atoms with Crippen LogP contribution in [-0.4, -0.2) is 39.3 Å². The third kappa shape index (κ3) is 6.06. The molecule has 0 saturated heterocycles. The maximum atomic E-state index is 5.03. The molecule has 20 heavy (non-hydrogen) atoms. The second-order valence-corrected chi connectivity index (χ2v) is 4.95. The highest BCUT2D eigenvalue weighted by Gasteiger charge is 2.05. The molecule has 0 amide bonds. The summed E-state index contributed by atoms with van der Waals surface area (Å²) in [6, 6.07) is 8.66. The standard InChI is InChI=1S/C16H27N3O/c1-5-17-16(18-10-11-20-4)19-12-14(3)15-8-6-13(2)7-9-15/h6-9,14H,5,10-12H2,1-4H3,(H2,17,18,19). The first kappa shape index (κ1) is 16.5. The lowest BCUT2D eigenvalue weighted by atomic mass is 10.0.